The number of carbonyl (C=O) groups excluding carboxylic acids is 2. The maximum Gasteiger partial charge on any atom is 0.409 e. The number of para-hydroxylation sites is 1. The van der Waals surface area contributed by atoms with E-state index in [2.05, 4.69) is 5.32 Å². The lowest BCUT2D eigenvalue weighted by Crippen LogP contribution is -2.52. The highest BCUT2D eigenvalue weighted by atomic mass is 32.2. The number of anilines is 1. The monoisotopic (exact) mass is 398 g/mol. The normalized spacial score (nSPS) is 18.7. The summed E-state index contributed by atoms with van der Waals surface area (Å²) in [5.74, 6) is -0.157. The fourth-order valence-corrected chi connectivity index (χ4v) is 4.49. The number of hydrogen-bond donors (Lipinski definition) is 1. The van der Waals surface area contributed by atoms with Crippen LogP contribution in [-0.4, -0.2) is 24.1 Å². The van der Waals surface area contributed by atoms with Gasteiger partial charge in [-0.05, 0) is 45.4 Å². The lowest BCUT2D eigenvalue weighted by Gasteiger charge is -2.30. The molecular formula is C22H26N2O3S. The third-order valence-electron chi connectivity index (χ3n) is 4.26. The first-order valence-electron chi connectivity index (χ1n) is 9.43. The average molecular weight is 399 g/mol. The van der Waals surface area contributed by atoms with Gasteiger partial charge in [0.1, 0.15) is 5.60 Å². The Morgan fingerprint density at radius 2 is 1.75 bits per heavy atom. The molecule has 2 aromatic rings. The number of hydrogen-bond acceptors (Lipinski definition) is 4. The highest BCUT2D eigenvalue weighted by Crippen LogP contribution is 2.49. The molecule has 2 amide bonds. The van der Waals surface area contributed by atoms with Gasteiger partial charge in [0.25, 0.3) is 5.91 Å². The standard InChI is InChI=1S/C22H26N2O3S/c1-5-15-24-18-14-10-9-13-17(18)22(19(24)25,23-20(26)27-21(2,3)4)28-16-11-7-6-8-12-16/h6-14H,5,15H2,1-4H3,(H,23,26). The van der Waals surface area contributed by atoms with Crippen LogP contribution in [0.5, 0.6) is 0 Å². The summed E-state index contributed by atoms with van der Waals surface area (Å²) in [6.45, 7) is 8.02. The molecule has 5 nitrogen and oxygen atoms in total. The minimum atomic E-state index is -1.27. The van der Waals surface area contributed by atoms with E-state index in [4.69, 9.17) is 4.74 Å². The van der Waals surface area contributed by atoms with Crippen LogP contribution in [-0.2, 0) is 14.4 Å². The van der Waals surface area contributed by atoms with Crippen molar-refractivity contribution < 1.29 is 14.3 Å². The Hall–Kier alpha value is -2.47. The molecule has 0 radical (unpaired) electrons. The van der Waals surface area contributed by atoms with Crippen LogP contribution in [0.2, 0.25) is 0 Å². The predicted molar refractivity (Wildman–Crippen MR) is 112 cm³/mol. The van der Waals surface area contributed by atoms with Crippen molar-refractivity contribution >= 4 is 29.4 Å². The minimum absolute atomic E-state index is 0.157. The first-order valence-corrected chi connectivity index (χ1v) is 10.2. The van der Waals surface area contributed by atoms with Crippen molar-refractivity contribution in [1.29, 1.82) is 0 Å². The minimum Gasteiger partial charge on any atom is -0.444 e. The van der Waals surface area contributed by atoms with Crippen molar-refractivity contribution in [3.8, 4) is 0 Å². The van der Waals surface area contributed by atoms with Gasteiger partial charge in [0.2, 0.25) is 4.87 Å². The molecule has 148 valence electrons. The van der Waals surface area contributed by atoms with E-state index < -0.39 is 16.6 Å². The molecule has 0 saturated carbocycles. The van der Waals surface area contributed by atoms with Crippen LogP contribution < -0.4 is 10.2 Å². The molecule has 3 rings (SSSR count). The second-order valence-corrected chi connectivity index (χ2v) is 8.99. The Morgan fingerprint density at radius 1 is 1.11 bits per heavy atom. The molecule has 0 aromatic heterocycles. The number of ether oxygens (including phenoxy) is 1. The van der Waals surface area contributed by atoms with Crippen LogP contribution >= 0.6 is 11.8 Å². The SMILES string of the molecule is CCCN1C(=O)C(NC(=O)OC(C)(C)C)(Sc2ccccc2)c2ccccc21. The predicted octanol–water partition coefficient (Wildman–Crippen LogP) is 4.91. The van der Waals surface area contributed by atoms with Crippen molar-refractivity contribution in [2.45, 2.75) is 49.5 Å². The van der Waals surface area contributed by atoms with Gasteiger partial charge in [-0.25, -0.2) is 4.79 Å². The molecule has 0 aliphatic carbocycles. The van der Waals surface area contributed by atoms with E-state index in [1.807, 2.05) is 61.5 Å². The third kappa shape index (κ3) is 4.02. The lowest BCUT2D eigenvalue weighted by molar-refractivity contribution is -0.121. The summed E-state index contributed by atoms with van der Waals surface area (Å²) in [5, 5.41) is 2.90. The first kappa shape index (κ1) is 20.3. The van der Waals surface area contributed by atoms with Gasteiger partial charge >= 0.3 is 6.09 Å². The quantitative estimate of drug-likeness (QED) is 0.727. The van der Waals surface area contributed by atoms with Crippen LogP contribution in [0.3, 0.4) is 0 Å². The molecule has 1 aliphatic rings. The Bertz CT molecular complexity index is 864. The molecule has 0 saturated heterocycles. The van der Waals surface area contributed by atoms with Crippen LogP contribution in [0.4, 0.5) is 10.5 Å². The number of carbonyl (C=O) groups is 2. The summed E-state index contributed by atoms with van der Waals surface area (Å²) in [6.07, 6.45) is 0.205. The number of alkyl carbamates (subject to hydrolysis) is 1. The highest BCUT2D eigenvalue weighted by Gasteiger charge is 2.53. The lowest BCUT2D eigenvalue weighted by atomic mass is 10.1. The maximum atomic E-state index is 13.6. The van der Waals surface area contributed by atoms with Crippen molar-refractivity contribution in [2.75, 3.05) is 11.4 Å². The first-order chi connectivity index (χ1) is 13.3. The molecule has 0 spiro atoms. The molecule has 0 bridgehead atoms. The second-order valence-electron chi connectivity index (χ2n) is 7.70. The van der Waals surface area contributed by atoms with Crippen molar-refractivity contribution in [3.63, 3.8) is 0 Å². The molecule has 1 heterocycles. The summed E-state index contributed by atoms with van der Waals surface area (Å²) < 4.78 is 5.49. The fraction of sp³-hybridized carbons (Fsp3) is 0.364. The second kappa shape index (κ2) is 7.87. The number of amides is 2. The van der Waals surface area contributed by atoms with Gasteiger partial charge in [-0.3, -0.25) is 10.1 Å². The van der Waals surface area contributed by atoms with Crippen LogP contribution in [0.15, 0.2) is 59.5 Å². The van der Waals surface area contributed by atoms with Crippen LogP contribution in [0.1, 0.15) is 39.7 Å². The highest BCUT2D eigenvalue weighted by molar-refractivity contribution is 8.01. The van der Waals surface area contributed by atoms with Crippen molar-refractivity contribution in [1.82, 2.24) is 5.32 Å². The molecule has 1 unspecified atom stereocenters. The Kier molecular flexibility index (Phi) is 5.70. The van der Waals surface area contributed by atoms with Gasteiger partial charge in [0.05, 0.1) is 5.69 Å². The molecule has 28 heavy (non-hydrogen) atoms. The zero-order valence-corrected chi connectivity index (χ0v) is 17.5. The number of nitrogens with zero attached hydrogens (tertiary/aromatic N) is 1. The van der Waals surface area contributed by atoms with Gasteiger partial charge in [-0.1, -0.05) is 55.1 Å². The number of thioether (sulfide) groups is 1. The van der Waals surface area contributed by atoms with Gasteiger partial charge < -0.3 is 9.64 Å². The fourth-order valence-electron chi connectivity index (χ4n) is 3.22. The van der Waals surface area contributed by atoms with Crippen molar-refractivity contribution in [2.24, 2.45) is 0 Å². The molecule has 1 aliphatic heterocycles. The van der Waals surface area contributed by atoms with Gasteiger partial charge in [0, 0.05) is 17.0 Å². The Balaban J connectivity index is 2.08. The molecular weight excluding hydrogens is 372 g/mol. The zero-order valence-electron chi connectivity index (χ0n) is 16.7. The van der Waals surface area contributed by atoms with E-state index in [1.54, 1.807) is 25.7 Å². The average Bonchev–Trinajstić information content (AvgIpc) is 2.84. The number of nitrogens with one attached hydrogen (secondary N) is 1. The van der Waals surface area contributed by atoms with Crippen LogP contribution in [0, 0.1) is 0 Å². The number of benzene rings is 2. The summed E-state index contributed by atoms with van der Waals surface area (Å²) in [4.78, 5) is 27.7. The summed E-state index contributed by atoms with van der Waals surface area (Å²) in [5.41, 5.74) is 0.939. The Labute approximate surface area is 170 Å². The number of rotatable bonds is 5. The van der Waals surface area contributed by atoms with Gasteiger partial charge in [0.15, 0.2) is 0 Å². The molecule has 1 N–H and O–H groups in total. The molecule has 2 aromatic carbocycles. The topological polar surface area (TPSA) is 58.6 Å². The Morgan fingerprint density at radius 3 is 2.39 bits per heavy atom. The smallest absolute Gasteiger partial charge is 0.409 e. The van der Waals surface area contributed by atoms with E-state index in [0.29, 0.717) is 6.54 Å². The van der Waals surface area contributed by atoms with E-state index >= 15 is 0 Å². The third-order valence-corrected chi connectivity index (χ3v) is 5.57. The summed E-state index contributed by atoms with van der Waals surface area (Å²) in [7, 11) is 0. The summed E-state index contributed by atoms with van der Waals surface area (Å²) >= 11 is 1.33. The maximum absolute atomic E-state index is 13.6. The number of fused-ring (bicyclic) bond motifs is 1. The van der Waals surface area contributed by atoms with E-state index in [1.165, 1.54) is 11.8 Å². The van der Waals surface area contributed by atoms with Crippen LogP contribution in [0.25, 0.3) is 0 Å². The van der Waals surface area contributed by atoms with E-state index in [-0.39, 0.29) is 5.91 Å². The molecule has 0 fully saturated rings. The zero-order chi connectivity index (χ0) is 20.4. The summed E-state index contributed by atoms with van der Waals surface area (Å²) in [6, 6.07) is 17.2. The molecule has 1 atom stereocenters. The van der Waals surface area contributed by atoms with E-state index in [9.17, 15) is 9.59 Å². The van der Waals surface area contributed by atoms with Gasteiger partial charge in [-0.15, -0.1) is 0 Å². The molecule has 6 heteroatoms. The van der Waals surface area contributed by atoms with Crippen molar-refractivity contribution in [3.05, 3.63) is 60.2 Å². The van der Waals surface area contributed by atoms with E-state index in [0.717, 1.165) is 22.6 Å². The largest absolute Gasteiger partial charge is 0.444 e. The van der Waals surface area contributed by atoms with Gasteiger partial charge in [-0.2, -0.15) is 0 Å².